The second kappa shape index (κ2) is 9.11. The van der Waals surface area contributed by atoms with Crippen molar-refractivity contribution in [2.45, 2.75) is 91.1 Å². The fourth-order valence-electron chi connectivity index (χ4n) is 4.82. The highest BCUT2D eigenvalue weighted by Crippen LogP contribution is 2.32. The molecule has 0 radical (unpaired) electrons. The van der Waals surface area contributed by atoms with Gasteiger partial charge in [0.25, 0.3) is 0 Å². The Bertz CT molecular complexity index is 699. The van der Waals surface area contributed by atoms with E-state index in [0.29, 0.717) is 0 Å². The number of nitrogens with one attached hydrogen (secondary N) is 1. The summed E-state index contributed by atoms with van der Waals surface area (Å²) in [6.45, 7) is 8.33. The second-order valence-corrected chi connectivity index (χ2v) is 9.13. The molecule has 1 aromatic carbocycles. The molecule has 2 fully saturated rings. The zero-order chi connectivity index (χ0) is 20.3. The molecular formula is C24H36N2O2. The van der Waals surface area contributed by atoms with Crippen molar-refractivity contribution in [1.29, 1.82) is 0 Å². The Morgan fingerprint density at radius 2 is 1.61 bits per heavy atom. The molecule has 0 aliphatic heterocycles. The van der Waals surface area contributed by atoms with Gasteiger partial charge in [-0.1, -0.05) is 25.0 Å². The summed E-state index contributed by atoms with van der Waals surface area (Å²) in [5.41, 5.74) is 3.36. The fourth-order valence-corrected chi connectivity index (χ4v) is 4.82. The number of nitrogens with zero attached hydrogens (tertiary/aromatic N) is 1. The van der Waals surface area contributed by atoms with Crippen LogP contribution in [0.1, 0.15) is 76.3 Å². The van der Waals surface area contributed by atoms with E-state index < -0.39 is 0 Å². The van der Waals surface area contributed by atoms with Crippen LogP contribution in [-0.2, 0) is 9.59 Å². The molecule has 2 aliphatic carbocycles. The van der Waals surface area contributed by atoms with Gasteiger partial charge in [0.2, 0.25) is 11.8 Å². The molecule has 0 atom stereocenters. The van der Waals surface area contributed by atoms with Crippen LogP contribution in [0, 0.1) is 25.7 Å². The van der Waals surface area contributed by atoms with Gasteiger partial charge in [-0.05, 0) is 83.4 Å². The van der Waals surface area contributed by atoms with Crippen molar-refractivity contribution in [3.63, 3.8) is 0 Å². The molecular weight excluding hydrogens is 348 g/mol. The molecule has 0 saturated heterocycles. The highest BCUT2D eigenvalue weighted by Gasteiger charge is 2.33. The van der Waals surface area contributed by atoms with Crippen molar-refractivity contribution < 1.29 is 9.59 Å². The number of anilines is 1. The predicted octanol–water partition coefficient (Wildman–Crippen LogP) is 4.91. The summed E-state index contributed by atoms with van der Waals surface area (Å²) in [7, 11) is 0. The third-order valence-corrected chi connectivity index (χ3v) is 6.53. The molecule has 4 nitrogen and oxygen atoms in total. The molecule has 4 heteroatoms. The van der Waals surface area contributed by atoms with E-state index in [1.807, 2.05) is 4.90 Å². The van der Waals surface area contributed by atoms with Crippen LogP contribution in [0.15, 0.2) is 18.2 Å². The summed E-state index contributed by atoms with van der Waals surface area (Å²) in [6.07, 6.45) is 8.00. The van der Waals surface area contributed by atoms with Crippen molar-refractivity contribution in [1.82, 2.24) is 5.32 Å². The maximum atomic E-state index is 13.4. The van der Waals surface area contributed by atoms with Crippen LogP contribution in [0.2, 0.25) is 0 Å². The monoisotopic (exact) mass is 384 g/mol. The van der Waals surface area contributed by atoms with Gasteiger partial charge in [-0.3, -0.25) is 9.59 Å². The lowest BCUT2D eigenvalue weighted by molar-refractivity contribution is -0.126. The van der Waals surface area contributed by atoms with Gasteiger partial charge in [-0.2, -0.15) is 0 Å². The molecule has 0 heterocycles. The van der Waals surface area contributed by atoms with Crippen LogP contribution < -0.4 is 10.2 Å². The van der Waals surface area contributed by atoms with Crippen LogP contribution in [0.5, 0.6) is 0 Å². The smallest absolute Gasteiger partial charge is 0.230 e. The number of hydrogen-bond acceptors (Lipinski definition) is 2. The number of carbonyl (C=O) groups excluding carboxylic acids is 2. The number of amides is 2. The molecule has 1 N–H and O–H groups in total. The van der Waals surface area contributed by atoms with E-state index >= 15 is 0 Å². The lowest BCUT2D eigenvalue weighted by atomic mass is 9.84. The van der Waals surface area contributed by atoms with Gasteiger partial charge >= 0.3 is 0 Å². The molecule has 28 heavy (non-hydrogen) atoms. The predicted molar refractivity (Wildman–Crippen MR) is 114 cm³/mol. The Balaban J connectivity index is 1.61. The van der Waals surface area contributed by atoms with Crippen LogP contribution in [-0.4, -0.2) is 23.9 Å². The summed E-state index contributed by atoms with van der Waals surface area (Å²) in [6, 6.07) is 6.70. The first-order valence-corrected chi connectivity index (χ1v) is 11.1. The van der Waals surface area contributed by atoms with Gasteiger partial charge in [0.1, 0.15) is 0 Å². The highest BCUT2D eigenvalue weighted by molar-refractivity contribution is 5.96. The first-order valence-electron chi connectivity index (χ1n) is 11.1. The minimum absolute atomic E-state index is 0.0574. The Labute approximate surface area is 170 Å². The van der Waals surface area contributed by atoms with Gasteiger partial charge in [-0.15, -0.1) is 0 Å². The van der Waals surface area contributed by atoms with Crippen molar-refractivity contribution >= 4 is 17.5 Å². The number of hydrogen-bond donors (Lipinski definition) is 1. The van der Waals surface area contributed by atoms with E-state index in [2.05, 4.69) is 51.2 Å². The zero-order valence-electron chi connectivity index (χ0n) is 18.0. The average Bonchev–Trinajstić information content (AvgIpc) is 3.20. The molecule has 3 rings (SSSR count). The van der Waals surface area contributed by atoms with Crippen LogP contribution in [0.25, 0.3) is 0 Å². The molecule has 1 aromatic rings. The largest absolute Gasteiger partial charge is 0.353 e. The number of rotatable bonds is 5. The van der Waals surface area contributed by atoms with Crippen molar-refractivity contribution in [2.75, 3.05) is 4.90 Å². The van der Waals surface area contributed by atoms with Gasteiger partial charge in [-0.25, -0.2) is 0 Å². The van der Waals surface area contributed by atoms with Crippen LogP contribution in [0.3, 0.4) is 0 Å². The summed E-state index contributed by atoms with van der Waals surface area (Å²) in [5.74, 6) is 0.762. The summed E-state index contributed by atoms with van der Waals surface area (Å²) in [5, 5.41) is 3.26. The van der Waals surface area contributed by atoms with Crippen molar-refractivity contribution in [2.24, 2.45) is 11.8 Å². The molecule has 2 aliphatic rings. The second-order valence-electron chi connectivity index (χ2n) is 9.13. The molecule has 0 spiro atoms. The lowest BCUT2D eigenvalue weighted by Gasteiger charge is -2.35. The third kappa shape index (κ3) is 4.76. The molecule has 2 amide bonds. The van der Waals surface area contributed by atoms with Gasteiger partial charge < -0.3 is 10.2 Å². The van der Waals surface area contributed by atoms with E-state index in [9.17, 15) is 9.59 Å². The Kier molecular flexibility index (Phi) is 6.79. The summed E-state index contributed by atoms with van der Waals surface area (Å²) >= 11 is 0. The van der Waals surface area contributed by atoms with Crippen LogP contribution >= 0.6 is 0 Å². The summed E-state index contributed by atoms with van der Waals surface area (Å²) in [4.78, 5) is 27.8. The first-order chi connectivity index (χ1) is 13.4. The lowest BCUT2D eigenvalue weighted by Crippen LogP contribution is -2.45. The topological polar surface area (TPSA) is 49.4 Å². The molecule has 0 unspecified atom stereocenters. The maximum Gasteiger partial charge on any atom is 0.230 e. The van der Waals surface area contributed by atoms with Gasteiger partial charge in [0.05, 0.1) is 0 Å². The molecule has 154 valence electrons. The minimum atomic E-state index is 0.0574. The normalized spacial score (nSPS) is 23.0. The quantitative estimate of drug-likeness (QED) is 0.784. The van der Waals surface area contributed by atoms with Gasteiger partial charge in [0, 0.05) is 29.6 Å². The van der Waals surface area contributed by atoms with Gasteiger partial charge in [0.15, 0.2) is 0 Å². The SMILES string of the molecule is Cc1ccc(C)c(N(C(=O)C2CCC(NC(=O)C3CCCC3)CC2)C(C)C)c1. The maximum absolute atomic E-state index is 13.4. The number of aryl methyl sites for hydroxylation is 2. The summed E-state index contributed by atoms with van der Waals surface area (Å²) < 4.78 is 0. The number of carbonyl (C=O) groups is 2. The fraction of sp³-hybridized carbons (Fsp3) is 0.667. The standard InChI is InChI=1S/C24H36N2O2/c1-16(2)26(22-15-17(3)9-10-18(22)4)24(28)20-11-13-21(14-12-20)25-23(27)19-7-5-6-8-19/h9-10,15-16,19-21H,5-8,11-14H2,1-4H3,(H,25,27). The van der Waals surface area contributed by atoms with Crippen molar-refractivity contribution in [3.05, 3.63) is 29.3 Å². The Morgan fingerprint density at radius 1 is 0.964 bits per heavy atom. The van der Waals surface area contributed by atoms with E-state index in [1.165, 1.54) is 18.4 Å². The Morgan fingerprint density at radius 3 is 2.21 bits per heavy atom. The molecule has 2 saturated carbocycles. The third-order valence-electron chi connectivity index (χ3n) is 6.53. The zero-order valence-corrected chi connectivity index (χ0v) is 18.0. The molecule has 0 bridgehead atoms. The van der Waals surface area contributed by atoms with E-state index in [4.69, 9.17) is 0 Å². The number of benzene rings is 1. The molecule has 0 aromatic heterocycles. The average molecular weight is 385 g/mol. The van der Waals surface area contributed by atoms with E-state index in [0.717, 1.165) is 49.8 Å². The first kappa shape index (κ1) is 20.9. The van der Waals surface area contributed by atoms with E-state index in [1.54, 1.807) is 0 Å². The van der Waals surface area contributed by atoms with Crippen molar-refractivity contribution in [3.8, 4) is 0 Å². The highest BCUT2D eigenvalue weighted by atomic mass is 16.2. The Hall–Kier alpha value is -1.84. The minimum Gasteiger partial charge on any atom is -0.353 e. The van der Waals surface area contributed by atoms with E-state index in [-0.39, 0.29) is 35.7 Å². The van der Waals surface area contributed by atoms with Crippen LogP contribution in [0.4, 0.5) is 5.69 Å².